The predicted molar refractivity (Wildman–Crippen MR) is 76.1 cm³/mol. The molecule has 1 aromatic carbocycles. The van der Waals surface area contributed by atoms with Gasteiger partial charge in [-0.1, -0.05) is 12.1 Å². The molecule has 0 aliphatic carbocycles. The maximum Gasteiger partial charge on any atom is 0.291 e. The normalized spacial score (nSPS) is 10.2. The van der Waals surface area contributed by atoms with Crippen molar-refractivity contribution >= 4 is 29.1 Å². The highest BCUT2D eigenvalue weighted by Crippen LogP contribution is 2.19. The molecular weight excluding hydrogens is 280 g/mol. The van der Waals surface area contributed by atoms with Gasteiger partial charge in [-0.2, -0.15) is 0 Å². The van der Waals surface area contributed by atoms with E-state index in [-0.39, 0.29) is 16.9 Å². The molecule has 1 aromatic heterocycles. The fourth-order valence-electron chi connectivity index (χ4n) is 1.64. The lowest BCUT2D eigenvalue weighted by atomic mass is 10.1. The largest absolute Gasteiger partial charge is 0.440 e. The summed E-state index contributed by atoms with van der Waals surface area (Å²) in [7, 11) is 3.29. The van der Waals surface area contributed by atoms with Gasteiger partial charge in [-0.15, -0.1) is 0 Å². The van der Waals surface area contributed by atoms with Gasteiger partial charge in [0.15, 0.2) is 11.0 Å². The molecule has 2 aromatic rings. The molecule has 0 saturated carbocycles. The number of amides is 2. The molecule has 0 unspecified atom stereocenters. The van der Waals surface area contributed by atoms with Crippen LogP contribution in [0.3, 0.4) is 0 Å². The standard InChI is InChI=1S/C14H13ClN2O3/c1-17(2)14(19)9-5-3-4-6-10(9)16-13(18)11-7-8-12(15)20-11/h3-8H,1-2H3,(H,16,18). The van der Waals surface area contributed by atoms with Crippen molar-refractivity contribution in [3.8, 4) is 0 Å². The summed E-state index contributed by atoms with van der Waals surface area (Å²) >= 11 is 5.62. The van der Waals surface area contributed by atoms with Crippen LogP contribution in [0, 0.1) is 0 Å². The summed E-state index contributed by atoms with van der Waals surface area (Å²) in [4.78, 5) is 25.4. The summed E-state index contributed by atoms with van der Waals surface area (Å²) in [6.45, 7) is 0. The molecule has 6 heteroatoms. The Hall–Kier alpha value is -2.27. The van der Waals surface area contributed by atoms with Crippen LogP contribution in [0.25, 0.3) is 0 Å². The highest BCUT2D eigenvalue weighted by Gasteiger charge is 2.16. The first-order valence-corrected chi connectivity index (χ1v) is 6.24. The third-order valence-corrected chi connectivity index (χ3v) is 2.81. The third kappa shape index (κ3) is 3.00. The van der Waals surface area contributed by atoms with Crippen LogP contribution in [0.2, 0.25) is 5.22 Å². The lowest BCUT2D eigenvalue weighted by Gasteiger charge is -2.14. The number of nitrogens with zero attached hydrogens (tertiary/aromatic N) is 1. The minimum atomic E-state index is -0.462. The van der Waals surface area contributed by atoms with Gasteiger partial charge in [0, 0.05) is 14.1 Å². The summed E-state index contributed by atoms with van der Waals surface area (Å²) in [5.74, 6) is -0.573. The first kappa shape index (κ1) is 14.1. The fraction of sp³-hybridized carbons (Fsp3) is 0.143. The number of hydrogen-bond donors (Lipinski definition) is 1. The zero-order valence-corrected chi connectivity index (χ0v) is 11.8. The number of para-hydroxylation sites is 1. The number of rotatable bonds is 3. The molecular formula is C14H13ClN2O3. The molecule has 0 spiro atoms. The third-order valence-electron chi connectivity index (χ3n) is 2.61. The van der Waals surface area contributed by atoms with Crippen molar-refractivity contribution in [1.29, 1.82) is 0 Å². The van der Waals surface area contributed by atoms with E-state index in [1.807, 2.05) is 0 Å². The molecule has 20 heavy (non-hydrogen) atoms. The highest BCUT2D eigenvalue weighted by molar-refractivity contribution is 6.29. The number of carbonyl (C=O) groups is 2. The summed E-state index contributed by atoms with van der Waals surface area (Å²) in [6, 6.07) is 9.71. The lowest BCUT2D eigenvalue weighted by Crippen LogP contribution is -2.24. The van der Waals surface area contributed by atoms with E-state index in [0.29, 0.717) is 11.3 Å². The topological polar surface area (TPSA) is 62.6 Å². The molecule has 5 nitrogen and oxygen atoms in total. The maximum atomic E-state index is 12.0. The summed E-state index contributed by atoms with van der Waals surface area (Å²) < 4.78 is 5.02. The number of furan rings is 1. The Morgan fingerprint density at radius 1 is 1.15 bits per heavy atom. The van der Waals surface area contributed by atoms with Crippen molar-refractivity contribution in [3.63, 3.8) is 0 Å². The smallest absolute Gasteiger partial charge is 0.291 e. The molecule has 2 rings (SSSR count). The predicted octanol–water partition coefficient (Wildman–Crippen LogP) is 2.89. The minimum Gasteiger partial charge on any atom is -0.440 e. The Kier molecular flexibility index (Phi) is 4.10. The number of carbonyl (C=O) groups excluding carboxylic acids is 2. The van der Waals surface area contributed by atoms with E-state index in [2.05, 4.69) is 5.32 Å². The van der Waals surface area contributed by atoms with Gasteiger partial charge in [-0.05, 0) is 35.9 Å². The second-order valence-corrected chi connectivity index (χ2v) is 4.68. The summed E-state index contributed by atoms with van der Waals surface area (Å²) in [6.07, 6.45) is 0. The van der Waals surface area contributed by atoms with E-state index in [1.54, 1.807) is 38.4 Å². The molecule has 2 amide bonds. The molecule has 104 valence electrons. The molecule has 0 aliphatic rings. The van der Waals surface area contributed by atoms with Crippen LogP contribution in [0.15, 0.2) is 40.8 Å². The van der Waals surface area contributed by atoms with Crippen molar-refractivity contribution < 1.29 is 14.0 Å². The molecule has 0 atom stereocenters. The van der Waals surface area contributed by atoms with Crippen molar-refractivity contribution in [2.75, 3.05) is 19.4 Å². The number of benzene rings is 1. The van der Waals surface area contributed by atoms with Crippen LogP contribution >= 0.6 is 11.6 Å². The van der Waals surface area contributed by atoms with Gasteiger partial charge >= 0.3 is 0 Å². The Morgan fingerprint density at radius 2 is 1.85 bits per heavy atom. The van der Waals surface area contributed by atoms with Crippen molar-refractivity contribution in [2.45, 2.75) is 0 Å². The number of nitrogens with one attached hydrogen (secondary N) is 1. The van der Waals surface area contributed by atoms with Crippen LogP contribution in [-0.2, 0) is 0 Å². The minimum absolute atomic E-state index is 0.0853. The van der Waals surface area contributed by atoms with Crippen LogP contribution < -0.4 is 5.32 Å². The second kappa shape index (κ2) is 5.79. The van der Waals surface area contributed by atoms with E-state index in [0.717, 1.165) is 0 Å². The molecule has 1 heterocycles. The van der Waals surface area contributed by atoms with Gasteiger partial charge in [0.1, 0.15) is 0 Å². The Bertz CT molecular complexity index is 649. The Morgan fingerprint density at radius 3 is 2.45 bits per heavy atom. The second-order valence-electron chi connectivity index (χ2n) is 4.30. The number of hydrogen-bond acceptors (Lipinski definition) is 3. The molecule has 0 bridgehead atoms. The van der Waals surface area contributed by atoms with E-state index < -0.39 is 5.91 Å². The van der Waals surface area contributed by atoms with Crippen LogP contribution in [0.4, 0.5) is 5.69 Å². The first-order valence-electron chi connectivity index (χ1n) is 5.86. The molecule has 0 fully saturated rings. The summed E-state index contributed by atoms with van der Waals surface area (Å²) in [5.41, 5.74) is 0.826. The van der Waals surface area contributed by atoms with Crippen molar-refractivity contribution in [3.05, 3.63) is 52.9 Å². The fourth-order valence-corrected chi connectivity index (χ4v) is 1.79. The quantitative estimate of drug-likeness (QED) is 0.946. The van der Waals surface area contributed by atoms with Crippen LogP contribution in [0.5, 0.6) is 0 Å². The van der Waals surface area contributed by atoms with E-state index >= 15 is 0 Å². The van der Waals surface area contributed by atoms with Gasteiger partial charge in [0.2, 0.25) is 0 Å². The van der Waals surface area contributed by atoms with E-state index in [4.69, 9.17) is 16.0 Å². The zero-order chi connectivity index (χ0) is 14.7. The van der Waals surface area contributed by atoms with Gasteiger partial charge in [-0.25, -0.2) is 0 Å². The molecule has 0 saturated heterocycles. The van der Waals surface area contributed by atoms with Gasteiger partial charge in [0.25, 0.3) is 11.8 Å². The average molecular weight is 293 g/mol. The van der Waals surface area contributed by atoms with Gasteiger partial charge < -0.3 is 14.6 Å². The zero-order valence-electron chi connectivity index (χ0n) is 11.0. The Labute approximate surface area is 121 Å². The monoisotopic (exact) mass is 292 g/mol. The SMILES string of the molecule is CN(C)C(=O)c1ccccc1NC(=O)c1ccc(Cl)o1. The first-order chi connectivity index (χ1) is 9.49. The maximum absolute atomic E-state index is 12.0. The highest BCUT2D eigenvalue weighted by atomic mass is 35.5. The summed E-state index contributed by atoms with van der Waals surface area (Å²) in [5, 5.41) is 2.77. The van der Waals surface area contributed by atoms with E-state index in [9.17, 15) is 9.59 Å². The molecule has 0 radical (unpaired) electrons. The van der Waals surface area contributed by atoms with Crippen LogP contribution in [-0.4, -0.2) is 30.8 Å². The van der Waals surface area contributed by atoms with Gasteiger partial charge in [0.05, 0.1) is 11.3 Å². The van der Waals surface area contributed by atoms with Crippen LogP contribution in [0.1, 0.15) is 20.9 Å². The molecule has 1 N–H and O–H groups in total. The molecule has 0 aliphatic heterocycles. The van der Waals surface area contributed by atoms with Crippen molar-refractivity contribution in [2.24, 2.45) is 0 Å². The lowest BCUT2D eigenvalue weighted by molar-refractivity contribution is 0.0828. The number of anilines is 1. The number of halogens is 1. The van der Waals surface area contributed by atoms with Gasteiger partial charge in [-0.3, -0.25) is 9.59 Å². The van der Waals surface area contributed by atoms with Crippen molar-refractivity contribution in [1.82, 2.24) is 4.90 Å². The average Bonchev–Trinajstić information content (AvgIpc) is 2.85. The Balaban J connectivity index is 2.26. The van der Waals surface area contributed by atoms with E-state index in [1.165, 1.54) is 17.0 Å².